The molecule has 0 aliphatic carbocycles. The summed E-state index contributed by atoms with van der Waals surface area (Å²) in [6, 6.07) is 13.4. The van der Waals surface area contributed by atoms with Crippen molar-refractivity contribution in [3.63, 3.8) is 0 Å². The number of ether oxygens (including phenoxy) is 3. The Morgan fingerprint density at radius 3 is 2.38 bits per heavy atom. The fourth-order valence-electron chi connectivity index (χ4n) is 2.28. The predicted octanol–water partition coefficient (Wildman–Crippen LogP) is 2.40. The number of benzene rings is 2. The van der Waals surface area contributed by atoms with Crippen LogP contribution in [0.3, 0.4) is 0 Å². The topological polar surface area (TPSA) is 115 Å². The van der Waals surface area contributed by atoms with E-state index in [9.17, 15) is 14.4 Å². The van der Waals surface area contributed by atoms with Crippen molar-refractivity contribution in [2.24, 2.45) is 0 Å². The van der Waals surface area contributed by atoms with E-state index in [4.69, 9.17) is 14.2 Å². The molecule has 2 aromatic carbocycles. The van der Waals surface area contributed by atoms with Gasteiger partial charge in [0.2, 0.25) is 0 Å². The summed E-state index contributed by atoms with van der Waals surface area (Å²) in [6.07, 6.45) is -0.0681. The van der Waals surface area contributed by atoms with Crippen LogP contribution in [0.1, 0.15) is 6.42 Å². The van der Waals surface area contributed by atoms with Gasteiger partial charge in [0.15, 0.2) is 6.61 Å². The molecule has 2 rings (SSSR count). The molecule has 3 N–H and O–H groups in total. The van der Waals surface area contributed by atoms with Gasteiger partial charge in [-0.05, 0) is 24.3 Å². The number of amides is 3. The second-order valence-electron chi connectivity index (χ2n) is 5.77. The van der Waals surface area contributed by atoms with Crippen LogP contribution in [0.4, 0.5) is 16.2 Å². The SMILES string of the molecule is COc1ccc(NC(=O)COC(=O)CCNC(=O)Nc2ccccc2)c(OC)c1. The van der Waals surface area contributed by atoms with Gasteiger partial charge in [-0.1, -0.05) is 18.2 Å². The van der Waals surface area contributed by atoms with E-state index in [1.54, 1.807) is 42.5 Å². The van der Waals surface area contributed by atoms with Crippen LogP contribution in [0.2, 0.25) is 0 Å². The highest BCUT2D eigenvalue weighted by atomic mass is 16.5. The van der Waals surface area contributed by atoms with Crippen LogP contribution in [0.5, 0.6) is 11.5 Å². The van der Waals surface area contributed by atoms with Gasteiger partial charge in [0.1, 0.15) is 11.5 Å². The molecule has 0 atom stereocenters. The normalized spacial score (nSPS) is 9.86. The van der Waals surface area contributed by atoms with Gasteiger partial charge in [-0.25, -0.2) is 4.79 Å². The van der Waals surface area contributed by atoms with Gasteiger partial charge in [0, 0.05) is 18.3 Å². The third kappa shape index (κ3) is 7.41. The summed E-state index contributed by atoms with van der Waals surface area (Å²) in [4.78, 5) is 35.4. The van der Waals surface area contributed by atoms with Gasteiger partial charge in [-0.15, -0.1) is 0 Å². The first-order valence-electron chi connectivity index (χ1n) is 8.79. The number of carbonyl (C=O) groups is 3. The second-order valence-corrected chi connectivity index (χ2v) is 5.77. The number of urea groups is 1. The molecule has 0 aromatic heterocycles. The molecule has 154 valence electrons. The zero-order valence-electron chi connectivity index (χ0n) is 16.2. The molecule has 0 saturated carbocycles. The van der Waals surface area contributed by atoms with Crippen molar-refractivity contribution in [1.82, 2.24) is 5.32 Å². The predicted molar refractivity (Wildman–Crippen MR) is 107 cm³/mol. The number of rotatable bonds is 9. The zero-order chi connectivity index (χ0) is 21.1. The zero-order valence-corrected chi connectivity index (χ0v) is 16.2. The molecular formula is C20H23N3O6. The van der Waals surface area contributed by atoms with Crippen molar-refractivity contribution in [3.05, 3.63) is 48.5 Å². The Bertz CT molecular complexity index is 841. The van der Waals surface area contributed by atoms with E-state index in [0.717, 1.165) is 0 Å². The molecule has 0 spiro atoms. The smallest absolute Gasteiger partial charge is 0.319 e. The Balaban J connectivity index is 1.68. The Hall–Kier alpha value is -3.75. The molecule has 9 heteroatoms. The fraction of sp³-hybridized carbons (Fsp3) is 0.250. The second kappa shape index (κ2) is 11.2. The standard InChI is InChI=1S/C20H23N3O6/c1-27-15-8-9-16(17(12-15)28-2)23-18(24)13-29-19(25)10-11-21-20(26)22-14-6-4-3-5-7-14/h3-9,12H,10-11,13H2,1-2H3,(H,23,24)(H2,21,22,26). The van der Waals surface area contributed by atoms with E-state index in [-0.39, 0.29) is 13.0 Å². The molecule has 3 amide bonds. The van der Waals surface area contributed by atoms with Crippen LogP contribution in [-0.2, 0) is 14.3 Å². The molecule has 0 aliphatic heterocycles. The van der Waals surface area contributed by atoms with E-state index < -0.39 is 24.5 Å². The van der Waals surface area contributed by atoms with Crippen LogP contribution in [0.25, 0.3) is 0 Å². The number of nitrogens with one attached hydrogen (secondary N) is 3. The monoisotopic (exact) mass is 401 g/mol. The van der Waals surface area contributed by atoms with Gasteiger partial charge in [0.25, 0.3) is 5.91 Å². The van der Waals surface area contributed by atoms with Crippen molar-refractivity contribution in [3.8, 4) is 11.5 Å². The van der Waals surface area contributed by atoms with Crippen molar-refractivity contribution in [2.45, 2.75) is 6.42 Å². The van der Waals surface area contributed by atoms with Gasteiger partial charge < -0.3 is 30.2 Å². The summed E-state index contributed by atoms with van der Waals surface area (Å²) in [5.74, 6) is -0.133. The maximum atomic E-state index is 12.0. The summed E-state index contributed by atoms with van der Waals surface area (Å²) in [7, 11) is 2.98. The highest BCUT2D eigenvalue weighted by Gasteiger charge is 2.12. The van der Waals surface area contributed by atoms with E-state index >= 15 is 0 Å². The van der Waals surface area contributed by atoms with E-state index in [2.05, 4.69) is 16.0 Å². The molecule has 0 aliphatic rings. The van der Waals surface area contributed by atoms with Gasteiger partial charge in [-0.3, -0.25) is 9.59 Å². The number of methoxy groups -OCH3 is 2. The van der Waals surface area contributed by atoms with E-state index in [1.165, 1.54) is 14.2 Å². The Kier molecular flexibility index (Phi) is 8.30. The molecule has 0 bridgehead atoms. The van der Waals surface area contributed by atoms with Gasteiger partial charge in [-0.2, -0.15) is 0 Å². The third-order valence-electron chi connectivity index (χ3n) is 3.69. The number of hydrogen-bond donors (Lipinski definition) is 3. The summed E-state index contributed by atoms with van der Waals surface area (Å²) < 4.78 is 15.2. The van der Waals surface area contributed by atoms with Crippen LogP contribution in [-0.4, -0.2) is 45.3 Å². The first-order valence-corrected chi connectivity index (χ1v) is 8.79. The van der Waals surface area contributed by atoms with Crippen LogP contribution < -0.4 is 25.4 Å². The van der Waals surface area contributed by atoms with Crippen LogP contribution in [0.15, 0.2) is 48.5 Å². The molecule has 0 fully saturated rings. The van der Waals surface area contributed by atoms with E-state index in [0.29, 0.717) is 22.9 Å². The summed E-state index contributed by atoms with van der Waals surface area (Å²) in [5, 5.41) is 7.75. The largest absolute Gasteiger partial charge is 0.497 e. The third-order valence-corrected chi connectivity index (χ3v) is 3.69. The molecule has 29 heavy (non-hydrogen) atoms. The Morgan fingerprint density at radius 1 is 0.931 bits per heavy atom. The minimum atomic E-state index is -0.609. The van der Waals surface area contributed by atoms with Crippen LogP contribution >= 0.6 is 0 Å². The molecule has 0 radical (unpaired) electrons. The Labute approximate surface area is 168 Å². The van der Waals surface area contributed by atoms with Crippen LogP contribution in [0, 0.1) is 0 Å². The highest BCUT2D eigenvalue weighted by molar-refractivity contribution is 5.94. The fourth-order valence-corrected chi connectivity index (χ4v) is 2.28. The molecule has 2 aromatic rings. The molecule has 0 saturated heterocycles. The summed E-state index contributed by atoms with van der Waals surface area (Å²) >= 11 is 0. The van der Waals surface area contributed by atoms with E-state index in [1.807, 2.05) is 6.07 Å². The lowest BCUT2D eigenvalue weighted by Gasteiger charge is -2.12. The molecular weight excluding hydrogens is 378 g/mol. The quantitative estimate of drug-likeness (QED) is 0.556. The Morgan fingerprint density at radius 2 is 1.69 bits per heavy atom. The number of esters is 1. The summed E-state index contributed by atoms with van der Waals surface area (Å²) in [5.41, 5.74) is 1.06. The van der Waals surface area contributed by atoms with Crippen molar-refractivity contribution in [1.29, 1.82) is 0 Å². The minimum Gasteiger partial charge on any atom is -0.497 e. The maximum absolute atomic E-state index is 12.0. The lowest BCUT2D eigenvalue weighted by molar-refractivity contribution is -0.147. The molecule has 9 nitrogen and oxygen atoms in total. The maximum Gasteiger partial charge on any atom is 0.319 e. The summed E-state index contributed by atoms with van der Waals surface area (Å²) in [6.45, 7) is -0.379. The average molecular weight is 401 g/mol. The number of carbonyl (C=O) groups excluding carboxylic acids is 3. The molecule has 0 heterocycles. The highest BCUT2D eigenvalue weighted by Crippen LogP contribution is 2.28. The minimum absolute atomic E-state index is 0.0681. The average Bonchev–Trinajstić information content (AvgIpc) is 2.73. The first-order chi connectivity index (χ1) is 14.0. The number of anilines is 2. The lowest BCUT2D eigenvalue weighted by atomic mass is 10.2. The lowest BCUT2D eigenvalue weighted by Crippen LogP contribution is -2.31. The number of hydrogen-bond acceptors (Lipinski definition) is 6. The number of para-hydroxylation sites is 1. The van der Waals surface area contributed by atoms with Gasteiger partial charge >= 0.3 is 12.0 Å². The molecule has 0 unspecified atom stereocenters. The van der Waals surface area contributed by atoms with Crippen molar-refractivity contribution < 1.29 is 28.6 Å². The van der Waals surface area contributed by atoms with Crippen molar-refractivity contribution in [2.75, 3.05) is 38.0 Å². The first kappa shape index (κ1) is 21.5. The van der Waals surface area contributed by atoms with Crippen molar-refractivity contribution >= 4 is 29.3 Å². The van der Waals surface area contributed by atoms with Gasteiger partial charge in [0.05, 0.1) is 26.3 Å².